The van der Waals surface area contributed by atoms with E-state index in [1.807, 2.05) is 0 Å². The summed E-state index contributed by atoms with van der Waals surface area (Å²) in [4.78, 5) is 11.7. The summed E-state index contributed by atoms with van der Waals surface area (Å²) < 4.78 is 21.6. The average molecular weight is 301 g/mol. The summed E-state index contributed by atoms with van der Waals surface area (Å²) in [5.74, 6) is 2.51. The van der Waals surface area contributed by atoms with Crippen LogP contribution < -0.4 is 19.5 Å². The largest absolute Gasteiger partial charge is 0.486 e. The van der Waals surface area contributed by atoms with Gasteiger partial charge in [0.25, 0.3) is 5.91 Å². The van der Waals surface area contributed by atoms with Gasteiger partial charge >= 0.3 is 0 Å². The summed E-state index contributed by atoms with van der Waals surface area (Å²) in [7, 11) is 0. The SMILES string of the molecule is C=CCNC(=O)c1ccc(COc2ccc3c(c2)OCO3)o1. The lowest BCUT2D eigenvalue weighted by atomic mass is 10.3. The predicted molar refractivity (Wildman–Crippen MR) is 78.1 cm³/mol. The van der Waals surface area contributed by atoms with E-state index in [1.165, 1.54) is 0 Å². The number of benzene rings is 1. The molecule has 0 saturated carbocycles. The van der Waals surface area contributed by atoms with Gasteiger partial charge in [0, 0.05) is 12.6 Å². The third kappa shape index (κ3) is 3.06. The number of rotatable bonds is 6. The minimum absolute atomic E-state index is 0.217. The first-order chi connectivity index (χ1) is 10.8. The topological polar surface area (TPSA) is 69.9 Å². The van der Waals surface area contributed by atoms with E-state index >= 15 is 0 Å². The fourth-order valence-electron chi connectivity index (χ4n) is 1.95. The molecule has 6 heteroatoms. The maximum Gasteiger partial charge on any atom is 0.287 e. The van der Waals surface area contributed by atoms with Gasteiger partial charge in [-0.2, -0.15) is 0 Å². The van der Waals surface area contributed by atoms with Crippen molar-refractivity contribution in [3.63, 3.8) is 0 Å². The summed E-state index contributed by atoms with van der Waals surface area (Å²) >= 11 is 0. The number of hydrogen-bond donors (Lipinski definition) is 1. The number of furan rings is 1. The Bertz CT molecular complexity index is 692. The van der Waals surface area contributed by atoms with E-state index in [2.05, 4.69) is 11.9 Å². The Hall–Kier alpha value is -2.89. The van der Waals surface area contributed by atoms with Gasteiger partial charge in [-0.1, -0.05) is 6.08 Å². The molecule has 2 aromatic rings. The van der Waals surface area contributed by atoms with Crippen molar-refractivity contribution in [3.05, 3.63) is 54.5 Å². The van der Waals surface area contributed by atoms with Crippen LogP contribution in [-0.4, -0.2) is 19.2 Å². The summed E-state index contributed by atoms with van der Waals surface area (Å²) in [6.45, 7) is 4.37. The molecule has 0 saturated heterocycles. The van der Waals surface area contributed by atoms with Crippen LogP contribution >= 0.6 is 0 Å². The molecule has 1 aliphatic heterocycles. The number of carbonyl (C=O) groups excluding carboxylic acids is 1. The molecule has 2 heterocycles. The Morgan fingerprint density at radius 2 is 2.14 bits per heavy atom. The molecule has 1 N–H and O–H groups in total. The zero-order chi connectivity index (χ0) is 15.4. The van der Waals surface area contributed by atoms with Gasteiger partial charge in [0.2, 0.25) is 6.79 Å². The maximum atomic E-state index is 11.7. The van der Waals surface area contributed by atoms with Gasteiger partial charge in [-0.3, -0.25) is 4.79 Å². The van der Waals surface area contributed by atoms with Crippen LogP contribution in [0.15, 0.2) is 47.4 Å². The Labute approximate surface area is 127 Å². The first-order valence-corrected chi connectivity index (χ1v) is 6.76. The second-order valence-electron chi connectivity index (χ2n) is 4.57. The number of ether oxygens (including phenoxy) is 3. The smallest absolute Gasteiger partial charge is 0.287 e. The third-order valence-corrected chi connectivity index (χ3v) is 3.02. The van der Waals surface area contributed by atoms with E-state index in [0.29, 0.717) is 29.6 Å². The highest BCUT2D eigenvalue weighted by molar-refractivity contribution is 5.91. The van der Waals surface area contributed by atoms with E-state index < -0.39 is 0 Å². The zero-order valence-electron chi connectivity index (χ0n) is 11.8. The zero-order valence-corrected chi connectivity index (χ0v) is 11.8. The molecule has 3 rings (SSSR count). The summed E-state index contributed by atoms with van der Waals surface area (Å²) in [5.41, 5.74) is 0. The van der Waals surface area contributed by atoms with Crippen molar-refractivity contribution in [1.82, 2.24) is 5.32 Å². The number of hydrogen-bond acceptors (Lipinski definition) is 5. The van der Waals surface area contributed by atoms with Crippen molar-refractivity contribution in [2.75, 3.05) is 13.3 Å². The number of amides is 1. The lowest BCUT2D eigenvalue weighted by Crippen LogP contribution is -2.22. The van der Waals surface area contributed by atoms with Gasteiger partial charge in [0.05, 0.1) is 0 Å². The number of nitrogens with one attached hydrogen (secondary N) is 1. The van der Waals surface area contributed by atoms with Gasteiger partial charge in [-0.05, 0) is 24.3 Å². The van der Waals surface area contributed by atoms with Crippen LogP contribution in [0.25, 0.3) is 0 Å². The van der Waals surface area contributed by atoms with Crippen LogP contribution in [0.2, 0.25) is 0 Å². The van der Waals surface area contributed by atoms with Crippen molar-refractivity contribution < 1.29 is 23.4 Å². The molecule has 0 fully saturated rings. The Morgan fingerprint density at radius 1 is 1.27 bits per heavy atom. The van der Waals surface area contributed by atoms with Crippen molar-refractivity contribution in [1.29, 1.82) is 0 Å². The lowest BCUT2D eigenvalue weighted by molar-refractivity contribution is 0.0926. The first-order valence-electron chi connectivity index (χ1n) is 6.76. The van der Waals surface area contributed by atoms with Gasteiger partial charge < -0.3 is 23.9 Å². The molecule has 1 amide bonds. The average Bonchev–Trinajstić information content (AvgIpc) is 3.18. The normalized spacial score (nSPS) is 12.0. The third-order valence-electron chi connectivity index (χ3n) is 3.02. The van der Waals surface area contributed by atoms with Gasteiger partial charge in [0.15, 0.2) is 17.3 Å². The fourth-order valence-corrected chi connectivity index (χ4v) is 1.95. The van der Waals surface area contributed by atoms with Gasteiger partial charge in [-0.25, -0.2) is 0 Å². The fraction of sp³-hybridized carbons (Fsp3) is 0.188. The Balaban J connectivity index is 1.59. The highest BCUT2D eigenvalue weighted by Gasteiger charge is 2.14. The van der Waals surface area contributed by atoms with Crippen molar-refractivity contribution >= 4 is 5.91 Å². The molecule has 0 bridgehead atoms. The van der Waals surface area contributed by atoms with Gasteiger partial charge in [-0.15, -0.1) is 6.58 Å². The van der Waals surface area contributed by atoms with Gasteiger partial charge in [0.1, 0.15) is 18.1 Å². The molecular formula is C16H15NO5. The van der Waals surface area contributed by atoms with Crippen LogP contribution in [-0.2, 0) is 6.61 Å². The summed E-state index contributed by atoms with van der Waals surface area (Å²) in [6.07, 6.45) is 1.60. The molecule has 0 radical (unpaired) electrons. The second-order valence-corrected chi connectivity index (χ2v) is 4.57. The lowest BCUT2D eigenvalue weighted by Gasteiger charge is -2.05. The van der Waals surface area contributed by atoms with E-state index in [4.69, 9.17) is 18.6 Å². The van der Waals surface area contributed by atoms with E-state index in [0.717, 1.165) is 0 Å². The second kappa shape index (κ2) is 6.26. The van der Waals surface area contributed by atoms with Crippen LogP contribution in [0.1, 0.15) is 16.3 Å². The molecule has 1 aromatic heterocycles. The molecular weight excluding hydrogens is 286 g/mol. The Kier molecular flexibility index (Phi) is 4.00. The van der Waals surface area contributed by atoms with E-state index in [-0.39, 0.29) is 25.1 Å². The molecule has 0 spiro atoms. The van der Waals surface area contributed by atoms with Crippen LogP contribution in [0, 0.1) is 0 Å². The first kappa shape index (κ1) is 14.1. The standard InChI is InChI=1S/C16H15NO5/c1-2-7-17-16(18)14-6-4-12(22-14)9-19-11-3-5-13-15(8-11)21-10-20-13/h2-6,8H,1,7,9-10H2,(H,17,18). The Morgan fingerprint density at radius 3 is 3.00 bits per heavy atom. The van der Waals surface area contributed by atoms with Crippen molar-refractivity contribution in [2.24, 2.45) is 0 Å². The molecule has 0 aliphatic carbocycles. The van der Waals surface area contributed by atoms with Crippen LogP contribution in [0.3, 0.4) is 0 Å². The molecule has 114 valence electrons. The van der Waals surface area contributed by atoms with E-state index in [1.54, 1.807) is 36.4 Å². The number of carbonyl (C=O) groups is 1. The van der Waals surface area contributed by atoms with Crippen LogP contribution in [0.5, 0.6) is 17.2 Å². The predicted octanol–water partition coefficient (Wildman–Crippen LogP) is 2.50. The molecule has 1 aliphatic rings. The highest BCUT2D eigenvalue weighted by Crippen LogP contribution is 2.35. The monoisotopic (exact) mass is 301 g/mol. The molecule has 22 heavy (non-hydrogen) atoms. The molecule has 6 nitrogen and oxygen atoms in total. The van der Waals surface area contributed by atoms with Crippen molar-refractivity contribution in [3.8, 4) is 17.2 Å². The van der Waals surface area contributed by atoms with E-state index in [9.17, 15) is 4.79 Å². The van der Waals surface area contributed by atoms with Crippen LogP contribution in [0.4, 0.5) is 0 Å². The molecule has 0 atom stereocenters. The molecule has 0 unspecified atom stereocenters. The highest BCUT2D eigenvalue weighted by atomic mass is 16.7. The minimum atomic E-state index is -0.283. The molecule has 1 aromatic carbocycles. The van der Waals surface area contributed by atoms with Crippen molar-refractivity contribution in [2.45, 2.75) is 6.61 Å². The minimum Gasteiger partial charge on any atom is -0.486 e. The quantitative estimate of drug-likeness (QED) is 0.830. The summed E-state index contributed by atoms with van der Waals surface area (Å²) in [5, 5.41) is 2.64. The maximum absolute atomic E-state index is 11.7. The number of fused-ring (bicyclic) bond motifs is 1. The summed E-state index contributed by atoms with van der Waals surface area (Å²) in [6, 6.07) is 8.64.